The second-order valence-corrected chi connectivity index (χ2v) is 6.01. The molecule has 1 aliphatic carbocycles. The Bertz CT molecular complexity index is 276. The zero-order valence-electron chi connectivity index (χ0n) is 8.28. The largest absolute Gasteiger partial charge is 0.352 e. The number of rotatable bonds is 0. The van der Waals surface area contributed by atoms with Crippen molar-refractivity contribution in [2.75, 3.05) is 6.61 Å². The molecule has 0 radical (unpaired) electrons. The summed E-state index contributed by atoms with van der Waals surface area (Å²) in [5.41, 5.74) is 0. The van der Waals surface area contributed by atoms with E-state index in [4.69, 9.17) is 9.47 Å². The summed E-state index contributed by atoms with van der Waals surface area (Å²) in [5, 5.41) is 0. The average Bonchev–Trinajstić information content (AvgIpc) is 2.60. The maximum absolute atomic E-state index is 5.96. The minimum atomic E-state index is 0.114. The highest BCUT2D eigenvalue weighted by Gasteiger charge is 2.50. The molecule has 0 aromatic heterocycles. The number of halogens is 1. The lowest BCUT2D eigenvalue weighted by atomic mass is 9.76. The molecule has 78 valence electrons. The Balaban J connectivity index is 1.87. The third-order valence-electron chi connectivity index (χ3n) is 3.76. The molecule has 2 aliphatic heterocycles. The van der Waals surface area contributed by atoms with Gasteiger partial charge in [0.05, 0.1) is 12.7 Å². The SMILES string of the molecule is C[C@@H]1C=C(I)C[C@H]2O[C@H]3OCC[C@H]3[C@H]12. The number of hydrogen-bond acceptors (Lipinski definition) is 2. The molecule has 0 amide bonds. The monoisotopic (exact) mass is 306 g/mol. The molecule has 3 aliphatic rings. The van der Waals surface area contributed by atoms with Gasteiger partial charge in [-0.2, -0.15) is 0 Å². The minimum absolute atomic E-state index is 0.114. The van der Waals surface area contributed by atoms with Crippen LogP contribution < -0.4 is 0 Å². The predicted molar refractivity (Wildman–Crippen MR) is 62.1 cm³/mol. The van der Waals surface area contributed by atoms with Crippen LogP contribution in [0.2, 0.25) is 0 Å². The minimum Gasteiger partial charge on any atom is -0.352 e. The summed E-state index contributed by atoms with van der Waals surface area (Å²) in [6.45, 7) is 3.21. The molecule has 5 atom stereocenters. The van der Waals surface area contributed by atoms with E-state index < -0.39 is 0 Å². The van der Waals surface area contributed by atoms with Crippen LogP contribution in [0.5, 0.6) is 0 Å². The highest BCUT2D eigenvalue weighted by Crippen LogP contribution is 2.48. The Hall–Kier alpha value is 0.390. The first-order valence-corrected chi connectivity index (χ1v) is 6.47. The van der Waals surface area contributed by atoms with Crippen molar-refractivity contribution in [1.82, 2.24) is 0 Å². The quantitative estimate of drug-likeness (QED) is 0.641. The van der Waals surface area contributed by atoms with Gasteiger partial charge >= 0.3 is 0 Å². The van der Waals surface area contributed by atoms with Gasteiger partial charge in [-0.3, -0.25) is 0 Å². The van der Waals surface area contributed by atoms with Crippen LogP contribution in [0.3, 0.4) is 0 Å². The number of ether oxygens (including phenoxy) is 2. The molecule has 0 aromatic rings. The first-order chi connectivity index (χ1) is 6.75. The number of hydrogen-bond donors (Lipinski definition) is 0. The predicted octanol–water partition coefficient (Wildman–Crippen LogP) is 2.72. The van der Waals surface area contributed by atoms with Crippen LogP contribution in [0.1, 0.15) is 19.8 Å². The van der Waals surface area contributed by atoms with Crippen molar-refractivity contribution >= 4 is 22.6 Å². The van der Waals surface area contributed by atoms with E-state index in [1.165, 1.54) is 10.0 Å². The first kappa shape index (κ1) is 9.60. The summed E-state index contributed by atoms with van der Waals surface area (Å²) in [5.74, 6) is 2.04. The molecule has 14 heavy (non-hydrogen) atoms. The summed E-state index contributed by atoms with van der Waals surface area (Å²) in [4.78, 5) is 0. The van der Waals surface area contributed by atoms with Gasteiger partial charge in [0.2, 0.25) is 0 Å². The molecule has 0 bridgehead atoms. The zero-order valence-corrected chi connectivity index (χ0v) is 10.4. The molecule has 0 unspecified atom stereocenters. The van der Waals surface area contributed by atoms with E-state index in [9.17, 15) is 0 Å². The Kier molecular flexibility index (Phi) is 2.37. The second-order valence-electron chi connectivity index (χ2n) is 4.62. The van der Waals surface area contributed by atoms with E-state index in [1.807, 2.05) is 0 Å². The van der Waals surface area contributed by atoms with Gasteiger partial charge in [0.25, 0.3) is 0 Å². The van der Waals surface area contributed by atoms with Crippen molar-refractivity contribution in [2.45, 2.75) is 32.2 Å². The van der Waals surface area contributed by atoms with Crippen molar-refractivity contribution in [2.24, 2.45) is 17.8 Å². The Labute approximate surface area is 98.2 Å². The van der Waals surface area contributed by atoms with Crippen molar-refractivity contribution in [3.05, 3.63) is 9.66 Å². The van der Waals surface area contributed by atoms with Gasteiger partial charge in [-0.1, -0.05) is 13.0 Å². The van der Waals surface area contributed by atoms with E-state index in [0.29, 0.717) is 23.9 Å². The van der Waals surface area contributed by atoms with Crippen LogP contribution in [-0.2, 0) is 9.47 Å². The average molecular weight is 306 g/mol. The van der Waals surface area contributed by atoms with Gasteiger partial charge in [-0.25, -0.2) is 0 Å². The molecular formula is C11H15IO2. The fraction of sp³-hybridized carbons (Fsp3) is 0.818. The maximum atomic E-state index is 5.96. The van der Waals surface area contributed by atoms with Crippen molar-refractivity contribution in [3.8, 4) is 0 Å². The second kappa shape index (κ2) is 3.46. The molecule has 2 saturated heterocycles. The van der Waals surface area contributed by atoms with E-state index >= 15 is 0 Å². The molecule has 3 heteroatoms. The summed E-state index contributed by atoms with van der Waals surface area (Å²) < 4.78 is 13.0. The van der Waals surface area contributed by atoms with Crippen LogP contribution in [0.4, 0.5) is 0 Å². The fourth-order valence-corrected chi connectivity index (χ4v) is 4.20. The van der Waals surface area contributed by atoms with E-state index in [2.05, 4.69) is 35.6 Å². The lowest BCUT2D eigenvalue weighted by Crippen LogP contribution is -2.29. The summed E-state index contributed by atoms with van der Waals surface area (Å²) >= 11 is 2.43. The molecule has 2 fully saturated rings. The van der Waals surface area contributed by atoms with E-state index in [1.54, 1.807) is 0 Å². The fourth-order valence-electron chi connectivity index (χ4n) is 3.20. The Morgan fingerprint density at radius 3 is 3.21 bits per heavy atom. The molecule has 0 saturated carbocycles. The third-order valence-corrected chi connectivity index (χ3v) is 4.56. The molecular weight excluding hydrogens is 291 g/mol. The molecule has 2 heterocycles. The molecule has 0 spiro atoms. The van der Waals surface area contributed by atoms with Crippen molar-refractivity contribution in [1.29, 1.82) is 0 Å². The van der Waals surface area contributed by atoms with Gasteiger partial charge in [0.1, 0.15) is 0 Å². The topological polar surface area (TPSA) is 18.5 Å². The first-order valence-electron chi connectivity index (χ1n) is 5.39. The van der Waals surface area contributed by atoms with Gasteiger partial charge < -0.3 is 9.47 Å². The highest BCUT2D eigenvalue weighted by molar-refractivity contribution is 14.1. The van der Waals surface area contributed by atoms with Crippen LogP contribution >= 0.6 is 22.6 Å². The zero-order chi connectivity index (χ0) is 9.71. The standard InChI is InChI=1S/C11H15IO2/c1-6-4-7(12)5-9-10(6)8-2-3-13-11(8)14-9/h4,6,8-11H,2-3,5H2,1H3/t6-,8+,9-,10+,11-/m1/s1. The van der Waals surface area contributed by atoms with E-state index in [-0.39, 0.29) is 6.29 Å². The van der Waals surface area contributed by atoms with Gasteiger partial charge in [-0.05, 0) is 44.4 Å². The summed E-state index contributed by atoms with van der Waals surface area (Å²) in [7, 11) is 0. The van der Waals surface area contributed by atoms with Gasteiger partial charge in [0.15, 0.2) is 6.29 Å². The highest BCUT2D eigenvalue weighted by atomic mass is 127. The molecule has 3 rings (SSSR count). The van der Waals surface area contributed by atoms with Crippen molar-refractivity contribution < 1.29 is 9.47 Å². The van der Waals surface area contributed by atoms with Gasteiger partial charge in [0, 0.05) is 12.3 Å². The maximum Gasteiger partial charge on any atom is 0.161 e. The normalized spacial score (nSPS) is 51.3. The van der Waals surface area contributed by atoms with Crippen molar-refractivity contribution in [3.63, 3.8) is 0 Å². The number of allylic oxidation sites excluding steroid dienone is 1. The summed E-state index contributed by atoms with van der Waals surface area (Å²) in [6, 6.07) is 0. The smallest absolute Gasteiger partial charge is 0.161 e. The van der Waals surface area contributed by atoms with Crippen LogP contribution in [0, 0.1) is 17.8 Å². The molecule has 2 nitrogen and oxygen atoms in total. The summed E-state index contributed by atoms with van der Waals surface area (Å²) in [6.07, 6.45) is 5.25. The van der Waals surface area contributed by atoms with Crippen LogP contribution in [-0.4, -0.2) is 19.0 Å². The van der Waals surface area contributed by atoms with Crippen LogP contribution in [0.25, 0.3) is 0 Å². The van der Waals surface area contributed by atoms with Gasteiger partial charge in [-0.15, -0.1) is 0 Å². The lowest BCUT2D eigenvalue weighted by Gasteiger charge is -2.30. The molecule has 0 N–H and O–H groups in total. The Morgan fingerprint density at radius 2 is 2.36 bits per heavy atom. The Morgan fingerprint density at radius 1 is 1.50 bits per heavy atom. The number of fused-ring (bicyclic) bond motifs is 3. The third kappa shape index (κ3) is 1.36. The van der Waals surface area contributed by atoms with Crippen LogP contribution in [0.15, 0.2) is 9.66 Å². The molecule has 0 aromatic carbocycles. The lowest BCUT2D eigenvalue weighted by molar-refractivity contribution is -0.117. The van der Waals surface area contributed by atoms with E-state index in [0.717, 1.165) is 13.0 Å².